The summed E-state index contributed by atoms with van der Waals surface area (Å²) in [6.07, 6.45) is 0. The summed E-state index contributed by atoms with van der Waals surface area (Å²) in [5, 5.41) is 2.95. The summed E-state index contributed by atoms with van der Waals surface area (Å²) in [4.78, 5) is 40.7. The number of anilines is 1. The van der Waals surface area contributed by atoms with Gasteiger partial charge in [0.1, 0.15) is 5.00 Å². The highest BCUT2D eigenvalue weighted by molar-refractivity contribution is 7.18. The Morgan fingerprint density at radius 1 is 1.00 bits per heavy atom. The van der Waals surface area contributed by atoms with Crippen LogP contribution in [0.4, 0.5) is 5.00 Å². The molecule has 1 aromatic carbocycles. The van der Waals surface area contributed by atoms with Gasteiger partial charge in [-0.15, -0.1) is 11.3 Å². The van der Waals surface area contributed by atoms with Gasteiger partial charge in [-0.25, -0.2) is 4.79 Å². The molecule has 0 aliphatic carbocycles. The number of amides is 2. The summed E-state index contributed by atoms with van der Waals surface area (Å²) in [5.74, 6) is -0.436. The second-order valence-corrected chi connectivity index (χ2v) is 8.05. The molecule has 1 N–H and O–H groups in total. The number of thiophene rings is 1. The number of hydrogen-bond acceptors (Lipinski definition) is 9. The lowest BCUT2D eigenvalue weighted by Crippen LogP contribution is -2.40. The van der Waals surface area contributed by atoms with Crippen LogP contribution in [0.2, 0.25) is 0 Å². The Morgan fingerprint density at radius 3 is 2.12 bits per heavy atom. The average Bonchev–Trinajstić information content (AvgIpc) is 3.17. The maximum absolute atomic E-state index is 13.1. The Morgan fingerprint density at radius 2 is 1.61 bits per heavy atom. The minimum Gasteiger partial charge on any atom is -0.493 e. The molecular weight excluding hydrogens is 452 g/mol. The zero-order valence-electron chi connectivity index (χ0n) is 19.1. The highest BCUT2D eigenvalue weighted by atomic mass is 32.1. The number of hydrogen-bond donors (Lipinski definition) is 1. The largest absolute Gasteiger partial charge is 0.493 e. The molecule has 1 saturated heterocycles. The SMILES string of the molecule is COC(=O)c1c(NC(=O)c2cc(OC)c(OC)c(OC)c2)sc(C(=O)N2CCOCC2)c1C. The molecule has 0 saturated carbocycles. The fraction of sp³-hybridized carbons (Fsp3) is 0.409. The normalized spacial score (nSPS) is 13.3. The average molecular weight is 479 g/mol. The number of nitrogens with zero attached hydrogens (tertiary/aromatic N) is 1. The summed E-state index contributed by atoms with van der Waals surface area (Å²) in [5.41, 5.74) is 0.802. The van der Waals surface area contributed by atoms with E-state index in [1.165, 1.54) is 40.6 Å². The molecule has 2 heterocycles. The van der Waals surface area contributed by atoms with Crippen LogP contribution in [0, 0.1) is 6.92 Å². The van der Waals surface area contributed by atoms with Gasteiger partial charge in [-0.05, 0) is 24.6 Å². The first-order valence-corrected chi connectivity index (χ1v) is 10.9. The maximum atomic E-state index is 13.1. The van der Waals surface area contributed by atoms with Gasteiger partial charge < -0.3 is 33.9 Å². The van der Waals surface area contributed by atoms with E-state index >= 15 is 0 Å². The van der Waals surface area contributed by atoms with E-state index in [-0.39, 0.29) is 22.0 Å². The van der Waals surface area contributed by atoms with E-state index in [1.807, 2.05) is 0 Å². The molecule has 3 rings (SSSR count). The van der Waals surface area contributed by atoms with E-state index in [0.717, 1.165) is 11.3 Å². The molecule has 2 amide bonds. The monoisotopic (exact) mass is 478 g/mol. The summed E-state index contributed by atoms with van der Waals surface area (Å²) < 4.78 is 26.1. The van der Waals surface area contributed by atoms with Gasteiger partial charge >= 0.3 is 5.97 Å². The number of nitrogens with one attached hydrogen (secondary N) is 1. The third-order valence-corrected chi connectivity index (χ3v) is 6.38. The topological polar surface area (TPSA) is 113 Å². The van der Waals surface area contributed by atoms with Gasteiger partial charge in [-0.3, -0.25) is 9.59 Å². The molecule has 0 unspecified atom stereocenters. The van der Waals surface area contributed by atoms with Crippen LogP contribution in [-0.4, -0.2) is 77.4 Å². The quantitative estimate of drug-likeness (QED) is 0.605. The van der Waals surface area contributed by atoms with Crippen molar-refractivity contribution in [3.8, 4) is 17.2 Å². The van der Waals surface area contributed by atoms with Gasteiger partial charge in [-0.1, -0.05) is 0 Å². The third-order valence-electron chi connectivity index (χ3n) is 5.18. The zero-order chi connectivity index (χ0) is 24.1. The van der Waals surface area contributed by atoms with Crippen molar-refractivity contribution in [1.29, 1.82) is 0 Å². The highest BCUT2D eigenvalue weighted by Crippen LogP contribution is 2.39. The lowest BCUT2D eigenvalue weighted by molar-refractivity contribution is 0.0305. The molecule has 1 fully saturated rings. The van der Waals surface area contributed by atoms with Crippen molar-refractivity contribution in [2.45, 2.75) is 6.92 Å². The van der Waals surface area contributed by atoms with Crippen LogP contribution >= 0.6 is 11.3 Å². The molecule has 0 radical (unpaired) electrons. The number of methoxy groups -OCH3 is 4. The summed E-state index contributed by atoms with van der Waals surface area (Å²) >= 11 is 1.03. The summed E-state index contributed by atoms with van der Waals surface area (Å²) in [6, 6.07) is 2.99. The lowest BCUT2D eigenvalue weighted by atomic mass is 10.1. The molecule has 33 heavy (non-hydrogen) atoms. The minimum absolute atomic E-state index is 0.139. The van der Waals surface area contributed by atoms with Crippen LogP contribution in [0.25, 0.3) is 0 Å². The van der Waals surface area contributed by atoms with Crippen molar-refractivity contribution in [1.82, 2.24) is 4.90 Å². The number of morpholine rings is 1. The number of esters is 1. The Bertz CT molecular complexity index is 1030. The predicted octanol–water partition coefficient (Wildman–Crippen LogP) is 2.59. The molecular formula is C22H26N2O8S. The van der Waals surface area contributed by atoms with E-state index in [9.17, 15) is 14.4 Å². The molecule has 10 nitrogen and oxygen atoms in total. The second kappa shape index (κ2) is 10.5. The van der Waals surface area contributed by atoms with Crippen molar-refractivity contribution in [3.05, 3.63) is 33.7 Å². The molecule has 11 heteroatoms. The fourth-order valence-electron chi connectivity index (χ4n) is 3.45. The van der Waals surface area contributed by atoms with Crippen molar-refractivity contribution >= 4 is 34.1 Å². The van der Waals surface area contributed by atoms with E-state index in [1.54, 1.807) is 11.8 Å². The standard InChI is InChI=1S/C22H26N2O8S/c1-12-16(22(27)31-5)20(33-18(12)21(26)24-6-8-32-9-7-24)23-19(25)13-10-14(28-2)17(30-4)15(11-13)29-3/h10-11H,6-9H2,1-5H3,(H,23,25). The number of carbonyl (C=O) groups excluding carboxylic acids is 3. The molecule has 0 bridgehead atoms. The highest BCUT2D eigenvalue weighted by Gasteiger charge is 2.30. The smallest absolute Gasteiger partial charge is 0.341 e. The fourth-order valence-corrected chi connectivity index (χ4v) is 4.61. The molecule has 178 valence electrons. The Hall–Kier alpha value is -3.31. The Labute approximate surface area is 195 Å². The van der Waals surface area contributed by atoms with Crippen molar-refractivity contribution in [3.63, 3.8) is 0 Å². The minimum atomic E-state index is -0.648. The van der Waals surface area contributed by atoms with E-state index in [0.29, 0.717) is 54.0 Å². The third kappa shape index (κ3) is 4.88. The van der Waals surface area contributed by atoms with Crippen LogP contribution in [0.1, 0.15) is 36.0 Å². The van der Waals surface area contributed by atoms with Gasteiger partial charge in [0.15, 0.2) is 11.5 Å². The number of carbonyl (C=O) groups is 3. The van der Waals surface area contributed by atoms with Crippen LogP contribution < -0.4 is 19.5 Å². The van der Waals surface area contributed by atoms with Gasteiger partial charge in [0, 0.05) is 18.7 Å². The molecule has 1 aliphatic rings. The first kappa shape index (κ1) is 24.3. The van der Waals surface area contributed by atoms with Crippen molar-refractivity contribution in [2.75, 3.05) is 60.1 Å². The van der Waals surface area contributed by atoms with Crippen LogP contribution in [-0.2, 0) is 9.47 Å². The predicted molar refractivity (Wildman–Crippen MR) is 121 cm³/mol. The van der Waals surface area contributed by atoms with E-state index in [4.69, 9.17) is 23.7 Å². The van der Waals surface area contributed by atoms with Crippen molar-refractivity contribution in [2.24, 2.45) is 0 Å². The van der Waals surface area contributed by atoms with Gasteiger partial charge in [0.2, 0.25) is 5.75 Å². The molecule has 1 aliphatic heterocycles. The maximum Gasteiger partial charge on any atom is 0.341 e. The Kier molecular flexibility index (Phi) is 7.77. The number of benzene rings is 1. The Balaban J connectivity index is 1.98. The van der Waals surface area contributed by atoms with Crippen LogP contribution in [0.15, 0.2) is 12.1 Å². The van der Waals surface area contributed by atoms with E-state index in [2.05, 4.69) is 5.32 Å². The summed E-state index contributed by atoms with van der Waals surface area (Å²) in [7, 11) is 5.60. The molecule has 2 aromatic rings. The molecule has 0 spiro atoms. The molecule has 1 aromatic heterocycles. The van der Waals surface area contributed by atoms with E-state index < -0.39 is 11.9 Å². The number of ether oxygens (including phenoxy) is 5. The van der Waals surface area contributed by atoms with Crippen LogP contribution in [0.5, 0.6) is 17.2 Å². The molecule has 0 atom stereocenters. The second-order valence-electron chi connectivity index (χ2n) is 7.02. The van der Waals surface area contributed by atoms with Gasteiger partial charge in [0.25, 0.3) is 11.8 Å². The summed E-state index contributed by atoms with van der Waals surface area (Å²) in [6.45, 7) is 3.47. The van der Waals surface area contributed by atoms with Gasteiger partial charge in [-0.2, -0.15) is 0 Å². The first-order valence-electron chi connectivity index (χ1n) is 10.1. The lowest BCUT2D eigenvalue weighted by Gasteiger charge is -2.26. The van der Waals surface area contributed by atoms with Crippen molar-refractivity contribution < 1.29 is 38.1 Å². The number of rotatable bonds is 7. The van der Waals surface area contributed by atoms with Crippen LogP contribution in [0.3, 0.4) is 0 Å². The van der Waals surface area contributed by atoms with Gasteiger partial charge in [0.05, 0.1) is 52.1 Å². The first-order chi connectivity index (χ1) is 15.9. The zero-order valence-corrected chi connectivity index (χ0v) is 19.9.